The molecule has 0 radical (unpaired) electrons. The van der Waals surface area contributed by atoms with Gasteiger partial charge in [-0.2, -0.15) is 0 Å². The summed E-state index contributed by atoms with van der Waals surface area (Å²) in [6, 6.07) is 0. The Bertz CT molecular complexity index is 29.0. The van der Waals surface area contributed by atoms with Crippen LogP contribution in [0.2, 0.25) is 0 Å². The molecule has 0 aromatic heterocycles. The molecule has 1 N–H and O–H groups in total. The van der Waals surface area contributed by atoms with E-state index in [0.717, 1.165) is 0 Å². The second-order valence-electron chi connectivity index (χ2n) is 0.253. The SMILES string of the molecule is O=[C](O)[Tc]. The minimum atomic E-state index is -0.863. The van der Waals surface area contributed by atoms with Crippen LogP contribution in [-0.2, 0) is 18.9 Å². The maximum atomic E-state index is 8.99. The zero-order valence-electron chi connectivity index (χ0n) is 1.73. The van der Waals surface area contributed by atoms with Crippen molar-refractivity contribution in [2.24, 2.45) is 0 Å². The van der Waals surface area contributed by atoms with E-state index in [-0.39, 0.29) is 0 Å². The summed E-state index contributed by atoms with van der Waals surface area (Å²) in [5, 5.41) is 7.40. The Hall–Kier alpha value is 0.119. The van der Waals surface area contributed by atoms with Crippen LogP contribution in [-0.4, -0.2) is 9.59 Å². The van der Waals surface area contributed by atoms with Crippen molar-refractivity contribution in [2.45, 2.75) is 0 Å². The Balaban J connectivity index is 2.80. The second-order valence-corrected chi connectivity index (χ2v) is 1.05. The monoisotopic (exact) mass is 142 g/mol. The van der Waals surface area contributed by atoms with Gasteiger partial charge >= 0.3 is 33.3 Å². The van der Waals surface area contributed by atoms with Crippen LogP contribution in [0.1, 0.15) is 0 Å². The molecule has 0 heterocycles. The molecule has 24 valence electrons. The van der Waals surface area contributed by atoms with Crippen LogP contribution in [0.15, 0.2) is 0 Å². The molecule has 0 atom stereocenters. The van der Waals surface area contributed by atoms with E-state index in [4.69, 9.17) is 9.90 Å². The van der Waals surface area contributed by atoms with Crippen molar-refractivity contribution < 1.29 is 28.8 Å². The third-order valence-electron chi connectivity index (χ3n) is 0. The van der Waals surface area contributed by atoms with Gasteiger partial charge in [0.2, 0.25) is 0 Å². The van der Waals surface area contributed by atoms with E-state index in [2.05, 4.69) is 0 Å². The van der Waals surface area contributed by atoms with Gasteiger partial charge in [-0.25, -0.2) is 0 Å². The Morgan fingerprint density at radius 2 is 2.00 bits per heavy atom. The van der Waals surface area contributed by atoms with Crippen molar-refractivity contribution in [3.8, 4) is 0 Å². The molecular weight excluding hydrogens is 142 g/mol. The van der Waals surface area contributed by atoms with E-state index in [0.29, 0.717) is 0 Å². The van der Waals surface area contributed by atoms with Gasteiger partial charge < -0.3 is 0 Å². The standard InChI is InChI=1S/CHO2.Tc/c2-1-3;/h(H,2,3);. The zero-order chi connectivity index (χ0) is 3.58. The van der Waals surface area contributed by atoms with E-state index >= 15 is 0 Å². The summed E-state index contributed by atoms with van der Waals surface area (Å²) in [6.45, 7) is 0. The van der Waals surface area contributed by atoms with E-state index in [1.807, 2.05) is 0 Å². The quantitative estimate of drug-likeness (QED) is 0.526. The van der Waals surface area contributed by atoms with Gasteiger partial charge in [-0.05, 0) is 0 Å². The summed E-state index contributed by atoms with van der Waals surface area (Å²) in [6.07, 6.45) is 0. The van der Waals surface area contributed by atoms with E-state index < -0.39 is 4.48 Å². The third-order valence-corrected chi connectivity index (χ3v) is 0. The maximum absolute atomic E-state index is 8.99. The summed E-state index contributed by atoms with van der Waals surface area (Å²) < 4.78 is -0.863. The van der Waals surface area contributed by atoms with Gasteiger partial charge in [0.1, 0.15) is 0 Å². The van der Waals surface area contributed by atoms with Crippen molar-refractivity contribution >= 4 is 4.48 Å². The molecule has 0 amide bonds. The summed E-state index contributed by atoms with van der Waals surface area (Å²) in [5.41, 5.74) is 0. The van der Waals surface area contributed by atoms with Crippen LogP contribution >= 0.6 is 0 Å². The number of carbonyl (C=O) groups is 1. The average molecular weight is 143 g/mol. The molecule has 0 aromatic rings. The van der Waals surface area contributed by atoms with Gasteiger partial charge in [0.15, 0.2) is 0 Å². The molecule has 3 heteroatoms. The van der Waals surface area contributed by atoms with Gasteiger partial charge in [-0.15, -0.1) is 0 Å². The van der Waals surface area contributed by atoms with Crippen LogP contribution in [0, 0.1) is 0 Å². The van der Waals surface area contributed by atoms with Gasteiger partial charge in [0.25, 0.3) is 0 Å². The Kier molecular flexibility index (Phi) is 1.48. The average Bonchev–Trinajstić information content (AvgIpc) is 0.811. The zero-order valence-corrected chi connectivity index (χ0v) is 3.59. The fraction of sp³-hybridized carbons (Fsp3) is 0. The van der Waals surface area contributed by atoms with Crippen LogP contribution in [0.25, 0.3) is 0 Å². The predicted molar refractivity (Wildman–Crippen MR) is 8.02 cm³/mol. The first-order valence-corrected chi connectivity index (χ1v) is 1.55. The number of hydrogen-bond acceptors (Lipinski definition) is 1. The molecule has 0 spiro atoms. The fourth-order valence-corrected chi connectivity index (χ4v) is 0. The van der Waals surface area contributed by atoms with Gasteiger partial charge in [0, 0.05) is 0 Å². The van der Waals surface area contributed by atoms with E-state index in [1.54, 1.807) is 0 Å². The molecule has 0 unspecified atom stereocenters. The first-order chi connectivity index (χ1) is 1.73. The molecular formula is CHO2Tc. The molecule has 0 aliphatic heterocycles. The van der Waals surface area contributed by atoms with Gasteiger partial charge in [0.05, 0.1) is 0 Å². The number of hydrogen-bond donors (Lipinski definition) is 1. The van der Waals surface area contributed by atoms with Crippen molar-refractivity contribution in [3.63, 3.8) is 0 Å². The summed E-state index contributed by atoms with van der Waals surface area (Å²) in [5.74, 6) is 0. The summed E-state index contributed by atoms with van der Waals surface area (Å²) in [7, 11) is 0. The number of carboxylic acid groups (broad SMARTS) is 1. The van der Waals surface area contributed by atoms with Gasteiger partial charge in [-0.3, -0.25) is 0 Å². The van der Waals surface area contributed by atoms with Crippen molar-refractivity contribution in [3.05, 3.63) is 0 Å². The minimum absolute atomic E-state index is 0.863. The topological polar surface area (TPSA) is 37.3 Å². The molecule has 0 bridgehead atoms. The first-order valence-electron chi connectivity index (χ1n) is 0.617. The molecule has 0 fully saturated rings. The fourth-order valence-electron chi connectivity index (χ4n) is 0. The Labute approximate surface area is 34.0 Å². The molecule has 0 rings (SSSR count). The van der Waals surface area contributed by atoms with Gasteiger partial charge in [-0.1, -0.05) is 0 Å². The predicted octanol–water partition coefficient (Wildman–Crippen LogP) is 0.211. The molecule has 0 aliphatic rings. The molecule has 0 aliphatic carbocycles. The first kappa shape index (κ1) is 4.12. The molecule has 0 saturated carbocycles. The van der Waals surface area contributed by atoms with Crippen molar-refractivity contribution in [2.75, 3.05) is 0 Å². The second kappa shape index (κ2) is 1.44. The van der Waals surface area contributed by atoms with Crippen LogP contribution in [0.5, 0.6) is 0 Å². The van der Waals surface area contributed by atoms with E-state index in [1.165, 1.54) is 18.9 Å². The van der Waals surface area contributed by atoms with Crippen molar-refractivity contribution in [1.82, 2.24) is 0 Å². The molecule has 0 aromatic carbocycles. The Morgan fingerprint density at radius 1 is 2.00 bits per heavy atom. The van der Waals surface area contributed by atoms with Crippen molar-refractivity contribution in [1.29, 1.82) is 0 Å². The Morgan fingerprint density at radius 3 is 2.00 bits per heavy atom. The normalized spacial score (nSPS) is 6.25. The molecule has 0 saturated heterocycles. The van der Waals surface area contributed by atoms with E-state index in [9.17, 15) is 0 Å². The molecule has 4 heavy (non-hydrogen) atoms. The van der Waals surface area contributed by atoms with Crippen LogP contribution < -0.4 is 0 Å². The summed E-state index contributed by atoms with van der Waals surface area (Å²) >= 11 is 1.26. The summed E-state index contributed by atoms with van der Waals surface area (Å²) in [4.78, 5) is 8.99. The van der Waals surface area contributed by atoms with Crippen LogP contribution in [0.4, 0.5) is 4.79 Å². The van der Waals surface area contributed by atoms with Crippen LogP contribution in [0.3, 0.4) is 0 Å². The number of rotatable bonds is 0. The third kappa shape index (κ3) is 186. The molecule has 2 nitrogen and oxygen atoms in total.